The second-order valence-corrected chi connectivity index (χ2v) is 6.11. The Morgan fingerprint density at radius 1 is 1.39 bits per heavy atom. The summed E-state index contributed by atoms with van der Waals surface area (Å²) < 4.78 is 1.56. The Morgan fingerprint density at radius 3 is 2.87 bits per heavy atom. The smallest absolute Gasteiger partial charge is 0.269 e. The van der Waals surface area contributed by atoms with Gasteiger partial charge in [0.05, 0.1) is 10.6 Å². The van der Waals surface area contributed by atoms with Crippen LogP contribution in [0.25, 0.3) is 16.2 Å². The molecule has 2 heterocycles. The molecule has 0 unspecified atom stereocenters. The first kappa shape index (κ1) is 15.4. The maximum atomic E-state index is 12.8. The molecular weight excluding hydrogens is 314 g/mol. The van der Waals surface area contributed by atoms with Gasteiger partial charge in [-0.2, -0.15) is 0 Å². The Morgan fingerprint density at radius 2 is 2.17 bits per heavy atom. The number of hydrogen-bond acceptors (Lipinski definition) is 5. The number of fused-ring (bicyclic) bond motifs is 1. The van der Waals surface area contributed by atoms with Crippen molar-refractivity contribution in [2.24, 2.45) is 0 Å². The van der Waals surface area contributed by atoms with Gasteiger partial charge in [-0.3, -0.25) is 19.3 Å². The average Bonchev–Trinajstić information content (AvgIpc) is 2.95. The van der Waals surface area contributed by atoms with Crippen LogP contribution in [0.15, 0.2) is 34.4 Å². The third-order valence-corrected chi connectivity index (χ3v) is 4.55. The van der Waals surface area contributed by atoms with E-state index in [4.69, 9.17) is 0 Å². The van der Waals surface area contributed by atoms with Gasteiger partial charge in [0.25, 0.3) is 11.2 Å². The van der Waals surface area contributed by atoms with Gasteiger partial charge in [0, 0.05) is 34.3 Å². The molecule has 0 aliphatic rings. The van der Waals surface area contributed by atoms with Crippen molar-refractivity contribution in [3.8, 4) is 11.3 Å². The summed E-state index contributed by atoms with van der Waals surface area (Å²) in [7, 11) is 0. The molecule has 6 nitrogen and oxygen atoms in total. The van der Waals surface area contributed by atoms with E-state index < -0.39 is 4.92 Å². The molecule has 0 saturated heterocycles. The number of rotatable bonds is 4. The second-order valence-electron chi connectivity index (χ2n) is 5.28. The lowest BCUT2D eigenvalue weighted by molar-refractivity contribution is -0.384. The minimum Gasteiger partial charge on any atom is -0.269 e. The summed E-state index contributed by atoms with van der Waals surface area (Å²) in [5, 5.41) is 12.8. The molecule has 0 atom stereocenters. The van der Waals surface area contributed by atoms with Crippen molar-refractivity contribution in [1.29, 1.82) is 0 Å². The number of hydrogen-bond donors (Lipinski definition) is 0. The zero-order chi connectivity index (χ0) is 16.6. The van der Waals surface area contributed by atoms with E-state index in [0.717, 1.165) is 12.1 Å². The van der Waals surface area contributed by atoms with E-state index in [2.05, 4.69) is 4.98 Å². The van der Waals surface area contributed by atoms with Crippen molar-refractivity contribution in [1.82, 2.24) is 9.38 Å². The van der Waals surface area contributed by atoms with E-state index >= 15 is 0 Å². The van der Waals surface area contributed by atoms with Crippen LogP contribution in [0, 0.1) is 17.0 Å². The highest BCUT2D eigenvalue weighted by Crippen LogP contribution is 2.27. The van der Waals surface area contributed by atoms with Gasteiger partial charge >= 0.3 is 0 Å². The van der Waals surface area contributed by atoms with Crippen LogP contribution in [0.5, 0.6) is 0 Å². The Balaban J connectivity index is 2.27. The number of benzene rings is 1. The molecule has 118 valence electrons. The van der Waals surface area contributed by atoms with E-state index in [1.165, 1.54) is 23.5 Å². The van der Waals surface area contributed by atoms with Crippen LogP contribution >= 0.6 is 11.3 Å². The predicted octanol–water partition coefficient (Wildman–Crippen LogP) is 3.59. The first-order valence-corrected chi connectivity index (χ1v) is 8.15. The largest absolute Gasteiger partial charge is 0.270 e. The van der Waals surface area contributed by atoms with E-state index in [-0.39, 0.29) is 11.2 Å². The minimum absolute atomic E-state index is 0.00347. The van der Waals surface area contributed by atoms with Crippen LogP contribution in [0.2, 0.25) is 0 Å². The summed E-state index contributed by atoms with van der Waals surface area (Å²) in [6, 6.07) is 6.30. The van der Waals surface area contributed by atoms with Crippen molar-refractivity contribution in [3.63, 3.8) is 0 Å². The normalized spacial score (nSPS) is 11.0. The lowest BCUT2D eigenvalue weighted by Crippen LogP contribution is -2.21. The van der Waals surface area contributed by atoms with Gasteiger partial charge in [0.15, 0.2) is 4.96 Å². The first-order chi connectivity index (χ1) is 11.0. The van der Waals surface area contributed by atoms with Crippen molar-refractivity contribution in [2.75, 3.05) is 0 Å². The standard InChI is InChI=1S/C16H15N3O3S/c1-3-5-13-10(2)17-16-18(15(13)20)14(9-23-16)11-6-4-7-12(8-11)19(21)22/h4,6-9H,3,5H2,1-2H3. The van der Waals surface area contributed by atoms with Crippen molar-refractivity contribution < 1.29 is 4.92 Å². The molecule has 3 aromatic rings. The third kappa shape index (κ3) is 2.63. The predicted molar refractivity (Wildman–Crippen MR) is 90.2 cm³/mol. The topological polar surface area (TPSA) is 77.5 Å². The lowest BCUT2D eigenvalue weighted by atomic mass is 10.1. The summed E-state index contributed by atoms with van der Waals surface area (Å²) in [6.07, 6.45) is 1.53. The molecule has 0 N–H and O–H groups in total. The van der Waals surface area contributed by atoms with Gasteiger partial charge in [-0.15, -0.1) is 11.3 Å². The fraction of sp³-hybridized carbons (Fsp3) is 0.250. The van der Waals surface area contributed by atoms with Gasteiger partial charge in [-0.25, -0.2) is 4.98 Å². The van der Waals surface area contributed by atoms with Crippen LogP contribution in [-0.2, 0) is 6.42 Å². The SMILES string of the molecule is CCCc1c(C)nc2scc(-c3cccc([N+](=O)[O-])c3)n2c1=O. The lowest BCUT2D eigenvalue weighted by Gasteiger charge is -2.06. The van der Waals surface area contributed by atoms with Crippen molar-refractivity contribution in [2.45, 2.75) is 26.7 Å². The van der Waals surface area contributed by atoms with E-state index in [1.54, 1.807) is 16.5 Å². The van der Waals surface area contributed by atoms with E-state index in [9.17, 15) is 14.9 Å². The maximum Gasteiger partial charge on any atom is 0.270 e. The summed E-state index contributed by atoms with van der Waals surface area (Å²) in [5.41, 5.74) is 2.66. The van der Waals surface area contributed by atoms with Crippen LogP contribution in [0.1, 0.15) is 24.6 Å². The molecule has 0 bridgehead atoms. The van der Waals surface area contributed by atoms with Crippen molar-refractivity contribution in [3.05, 3.63) is 61.4 Å². The number of non-ortho nitro benzene ring substituents is 1. The Hall–Kier alpha value is -2.54. The monoisotopic (exact) mass is 329 g/mol. The van der Waals surface area contributed by atoms with Crippen LogP contribution < -0.4 is 5.56 Å². The molecule has 0 amide bonds. The number of thiazole rings is 1. The molecule has 0 radical (unpaired) electrons. The highest BCUT2D eigenvalue weighted by atomic mass is 32.1. The summed E-state index contributed by atoms with van der Waals surface area (Å²) in [6.45, 7) is 3.86. The quantitative estimate of drug-likeness (QED) is 0.541. The number of nitro groups is 1. The van der Waals surface area contributed by atoms with Crippen LogP contribution in [-0.4, -0.2) is 14.3 Å². The van der Waals surface area contributed by atoms with Gasteiger partial charge in [0.1, 0.15) is 0 Å². The molecule has 3 rings (SSSR count). The Kier molecular flexibility index (Phi) is 3.96. The summed E-state index contributed by atoms with van der Waals surface area (Å²) in [5.74, 6) is 0. The van der Waals surface area contributed by atoms with Crippen LogP contribution in [0.4, 0.5) is 5.69 Å². The van der Waals surface area contributed by atoms with Gasteiger partial charge in [-0.1, -0.05) is 25.5 Å². The molecule has 0 aliphatic carbocycles. The Bertz CT molecular complexity index is 959. The third-order valence-electron chi connectivity index (χ3n) is 3.72. The average molecular weight is 329 g/mol. The highest BCUT2D eigenvalue weighted by molar-refractivity contribution is 7.15. The summed E-state index contributed by atoms with van der Waals surface area (Å²) in [4.78, 5) is 28.4. The van der Waals surface area contributed by atoms with Gasteiger partial charge in [0.2, 0.25) is 0 Å². The van der Waals surface area contributed by atoms with Crippen LogP contribution in [0.3, 0.4) is 0 Å². The van der Waals surface area contributed by atoms with E-state index in [1.807, 2.05) is 19.2 Å². The summed E-state index contributed by atoms with van der Waals surface area (Å²) >= 11 is 1.36. The number of aryl methyl sites for hydroxylation is 1. The zero-order valence-electron chi connectivity index (χ0n) is 12.8. The molecular formula is C16H15N3O3S. The molecule has 2 aromatic heterocycles. The molecule has 0 saturated carbocycles. The van der Waals surface area contributed by atoms with E-state index in [0.29, 0.717) is 28.2 Å². The number of nitrogens with zero attached hydrogens (tertiary/aromatic N) is 3. The molecule has 1 aromatic carbocycles. The molecule has 0 fully saturated rings. The molecule has 7 heteroatoms. The number of aromatic nitrogens is 2. The zero-order valence-corrected chi connectivity index (χ0v) is 13.6. The van der Waals surface area contributed by atoms with Crippen molar-refractivity contribution >= 4 is 22.0 Å². The molecule has 0 aliphatic heterocycles. The minimum atomic E-state index is -0.439. The second kappa shape index (κ2) is 5.92. The van der Waals surface area contributed by atoms with Gasteiger partial charge in [-0.05, 0) is 13.3 Å². The first-order valence-electron chi connectivity index (χ1n) is 7.27. The highest BCUT2D eigenvalue weighted by Gasteiger charge is 2.16. The number of nitro benzene ring substituents is 1. The molecule has 0 spiro atoms. The fourth-order valence-electron chi connectivity index (χ4n) is 2.60. The molecule has 23 heavy (non-hydrogen) atoms. The van der Waals surface area contributed by atoms with Gasteiger partial charge < -0.3 is 0 Å². The maximum absolute atomic E-state index is 12.8. The Labute approximate surface area is 136 Å². The fourth-order valence-corrected chi connectivity index (χ4v) is 3.54.